The van der Waals surface area contributed by atoms with Crippen LogP contribution in [0.2, 0.25) is 0 Å². The molecule has 1 aliphatic heterocycles. The second-order valence-corrected chi connectivity index (χ2v) is 8.01. The lowest BCUT2D eigenvalue weighted by Gasteiger charge is -2.36. The fourth-order valence-corrected chi connectivity index (χ4v) is 4.45. The molecule has 1 heteroatoms. The zero-order valence-corrected chi connectivity index (χ0v) is 13.8. The molecule has 1 heterocycles. The van der Waals surface area contributed by atoms with E-state index in [0.29, 0.717) is 11.5 Å². The molecule has 1 N–H and O–H groups in total. The highest BCUT2D eigenvalue weighted by Crippen LogP contribution is 2.44. The summed E-state index contributed by atoms with van der Waals surface area (Å²) in [5.41, 5.74) is 3.79. The molecule has 2 aliphatic rings. The standard InChI is InChI=1S/C20H31N/c1-20(2)12-7-9-17(15-20)19-11-4-3-8-16(19)14-18-10-5-6-13-21-18/h3-4,8,11,17-18,21H,5-7,9-10,12-15H2,1-2H3. The molecule has 1 aromatic rings. The summed E-state index contributed by atoms with van der Waals surface area (Å²) < 4.78 is 0. The molecule has 0 spiro atoms. The minimum Gasteiger partial charge on any atom is -0.314 e. The first-order valence-electron chi connectivity index (χ1n) is 8.95. The molecule has 2 atom stereocenters. The molecular formula is C20H31N. The number of hydrogen-bond acceptors (Lipinski definition) is 1. The first-order valence-corrected chi connectivity index (χ1v) is 8.95. The van der Waals surface area contributed by atoms with Gasteiger partial charge in [-0.25, -0.2) is 0 Å². The van der Waals surface area contributed by atoms with Crippen LogP contribution in [-0.4, -0.2) is 12.6 Å². The van der Waals surface area contributed by atoms with Gasteiger partial charge in [0.25, 0.3) is 0 Å². The van der Waals surface area contributed by atoms with Crippen LogP contribution in [0.5, 0.6) is 0 Å². The quantitative estimate of drug-likeness (QED) is 0.819. The summed E-state index contributed by atoms with van der Waals surface area (Å²) in [6.45, 7) is 6.11. The lowest BCUT2D eigenvalue weighted by molar-refractivity contribution is 0.219. The van der Waals surface area contributed by atoms with Crippen molar-refractivity contribution in [1.29, 1.82) is 0 Å². The molecule has 2 fully saturated rings. The van der Waals surface area contributed by atoms with Crippen molar-refractivity contribution in [3.05, 3.63) is 35.4 Å². The van der Waals surface area contributed by atoms with Crippen LogP contribution in [0, 0.1) is 5.41 Å². The monoisotopic (exact) mass is 285 g/mol. The Morgan fingerprint density at radius 2 is 1.95 bits per heavy atom. The van der Waals surface area contributed by atoms with E-state index in [1.165, 1.54) is 57.9 Å². The molecule has 0 amide bonds. The first-order chi connectivity index (χ1) is 10.1. The third-order valence-corrected chi connectivity index (χ3v) is 5.58. The molecule has 0 bridgehead atoms. The Morgan fingerprint density at radius 1 is 1.10 bits per heavy atom. The number of benzene rings is 1. The fourth-order valence-electron chi connectivity index (χ4n) is 4.45. The van der Waals surface area contributed by atoms with Gasteiger partial charge in [0.05, 0.1) is 0 Å². The maximum atomic E-state index is 3.71. The average molecular weight is 285 g/mol. The molecule has 1 saturated heterocycles. The Balaban J connectivity index is 1.75. The Morgan fingerprint density at radius 3 is 2.71 bits per heavy atom. The van der Waals surface area contributed by atoms with Gasteiger partial charge in [0.1, 0.15) is 0 Å². The summed E-state index contributed by atoms with van der Waals surface area (Å²) >= 11 is 0. The van der Waals surface area contributed by atoms with E-state index in [-0.39, 0.29) is 0 Å². The summed E-state index contributed by atoms with van der Waals surface area (Å²) in [6, 6.07) is 9.97. The summed E-state index contributed by atoms with van der Waals surface area (Å²) in [5, 5.41) is 3.71. The van der Waals surface area contributed by atoms with Crippen molar-refractivity contribution in [1.82, 2.24) is 5.32 Å². The minimum atomic E-state index is 0.527. The Labute approximate surface area is 130 Å². The molecule has 1 aliphatic carbocycles. The van der Waals surface area contributed by atoms with E-state index in [4.69, 9.17) is 0 Å². The highest BCUT2D eigenvalue weighted by atomic mass is 14.9. The second kappa shape index (κ2) is 6.52. The highest BCUT2D eigenvalue weighted by Gasteiger charge is 2.30. The van der Waals surface area contributed by atoms with Gasteiger partial charge < -0.3 is 5.32 Å². The molecule has 1 nitrogen and oxygen atoms in total. The molecular weight excluding hydrogens is 254 g/mol. The van der Waals surface area contributed by atoms with Crippen molar-refractivity contribution in [3.8, 4) is 0 Å². The van der Waals surface area contributed by atoms with Gasteiger partial charge in [0, 0.05) is 6.04 Å². The second-order valence-electron chi connectivity index (χ2n) is 8.01. The first kappa shape index (κ1) is 15.1. The topological polar surface area (TPSA) is 12.0 Å². The number of nitrogens with one attached hydrogen (secondary N) is 1. The molecule has 0 aromatic heterocycles. The normalized spacial score (nSPS) is 29.2. The van der Waals surface area contributed by atoms with Crippen molar-refractivity contribution in [2.24, 2.45) is 5.41 Å². The smallest absolute Gasteiger partial charge is 0.0108 e. The van der Waals surface area contributed by atoms with E-state index in [0.717, 1.165) is 5.92 Å². The van der Waals surface area contributed by atoms with Crippen molar-refractivity contribution in [2.75, 3.05) is 6.54 Å². The lowest BCUT2D eigenvalue weighted by Crippen LogP contribution is -2.36. The van der Waals surface area contributed by atoms with Crippen molar-refractivity contribution >= 4 is 0 Å². The van der Waals surface area contributed by atoms with E-state index in [2.05, 4.69) is 43.4 Å². The van der Waals surface area contributed by atoms with Gasteiger partial charge in [-0.3, -0.25) is 0 Å². The third-order valence-electron chi connectivity index (χ3n) is 5.58. The predicted octanol–water partition coefficient (Wildman–Crippen LogP) is 5.06. The van der Waals surface area contributed by atoms with Crippen LogP contribution in [0.1, 0.15) is 75.8 Å². The summed E-state index contributed by atoms with van der Waals surface area (Å²) in [4.78, 5) is 0. The number of rotatable bonds is 3. The minimum absolute atomic E-state index is 0.527. The van der Waals surface area contributed by atoms with Gasteiger partial charge in [-0.1, -0.05) is 51.0 Å². The van der Waals surface area contributed by atoms with Gasteiger partial charge >= 0.3 is 0 Å². The third kappa shape index (κ3) is 3.88. The van der Waals surface area contributed by atoms with Gasteiger partial charge in [0.15, 0.2) is 0 Å². The highest BCUT2D eigenvalue weighted by molar-refractivity contribution is 5.32. The van der Waals surface area contributed by atoms with Crippen LogP contribution in [0.4, 0.5) is 0 Å². The van der Waals surface area contributed by atoms with Crippen LogP contribution < -0.4 is 5.32 Å². The molecule has 2 unspecified atom stereocenters. The van der Waals surface area contributed by atoms with Crippen LogP contribution in [0.25, 0.3) is 0 Å². The summed E-state index contributed by atoms with van der Waals surface area (Å²) in [7, 11) is 0. The van der Waals surface area contributed by atoms with E-state index < -0.39 is 0 Å². The molecule has 0 radical (unpaired) electrons. The lowest BCUT2D eigenvalue weighted by atomic mass is 9.69. The van der Waals surface area contributed by atoms with Crippen LogP contribution in [-0.2, 0) is 6.42 Å². The zero-order valence-electron chi connectivity index (χ0n) is 13.8. The van der Waals surface area contributed by atoms with Crippen molar-refractivity contribution < 1.29 is 0 Å². The Bertz CT molecular complexity index is 457. The van der Waals surface area contributed by atoms with E-state index in [9.17, 15) is 0 Å². The van der Waals surface area contributed by atoms with Crippen LogP contribution in [0.3, 0.4) is 0 Å². The Hall–Kier alpha value is -0.820. The van der Waals surface area contributed by atoms with Gasteiger partial charge in [0.2, 0.25) is 0 Å². The average Bonchev–Trinajstić information content (AvgIpc) is 2.48. The molecule has 1 aromatic carbocycles. The number of piperidine rings is 1. The maximum absolute atomic E-state index is 3.71. The molecule has 1 saturated carbocycles. The van der Waals surface area contributed by atoms with Gasteiger partial charge in [-0.2, -0.15) is 0 Å². The predicted molar refractivity (Wildman–Crippen MR) is 90.8 cm³/mol. The van der Waals surface area contributed by atoms with Crippen LogP contribution >= 0.6 is 0 Å². The maximum Gasteiger partial charge on any atom is 0.0108 e. The SMILES string of the molecule is CC1(C)CCCC(c2ccccc2CC2CCCCN2)C1. The van der Waals surface area contributed by atoms with Crippen LogP contribution in [0.15, 0.2) is 24.3 Å². The fraction of sp³-hybridized carbons (Fsp3) is 0.700. The van der Waals surface area contributed by atoms with E-state index in [1.807, 2.05) is 0 Å². The molecule has 21 heavy (non-hydrogen) atoms. The zero-order chi connectivity index (χ0) is 14.7. The molecule has 3 rings (SSSR count). The van der Waals surface area contributed by atoms with E-state index in [1.54, 1.807) is 11.1 Å². The summed E-state index contributed by atoms with van der Waals surface area (Å²) in [6.07, 6.45) is 10.9. The van der Waals surface area contributed by atoms with Gasteiger partial charge in [-0.15, -0.1) is 0 Å². The van der Waals surface area contributed by atoms with E-state index >= 15 is 0 Å². The Kier molecular flexibility index (Phi) is 4.69. The molecule has 116 valence electrons. The van der Waals surface area contributed by atoms with Crippen molar-refractivity contribution in [2.45, 2.75) is 77.2 Å². The van der Waals surface area contributed by atoms with Crippen molar-refractivity contribution in [3.63, 3.8) is 0 Å². The summed E-state index contributed by atoms with van der Waals surface area (Å²) in [5.74, 6) is 0.786. The largest absolute Gasteiger partial charge is 0.314 e. The number of hydrogen-bond donors (Lipinski definition) is 1. The van der Waals surface area contributed by atoms with Gasteiger partial charge in [-0.05, 0) is 67.5 Å².